The topological polar surface area (TPSA) is 70.5 Å². The van der Waals surface area contributed by atoms with Gasteiger partial charge in [-0.15, -0.1) is 0 Å². The maximum absolute atomic E-state index is 8.63. The van der Waals surface area contributed by atoms with Crippen molar-refractivity contribution in [3.8, 4) is 0 Å². The van der Waals surface area contributed by atoms with Gasteiger partial charge in [-0.3, -0.25) is 0 Å². The number of rotatable bonds is 7. The standard InChI is InChI=1S/C19H29N3O2Si/c1-18(24-25(2,3)4,15-9-6-5-7-10-15)19-16(13-14-21-22-20)11-8-12-17(19)23-19/h5-7,9-10,16-17H,8,11-14H2,1-4H3. The highest BCUT2D eigenvalue weighted by atomic mass is 28.4. The summed E-state index contributed by atoms with van der Waals surface area (Å²) in [7, 11) is -1.81. The largest absolute Gasteiger partial charge is 0.405 e. The summed E-state index contributed by atoms with van der Waals surface area (Å²) in [4.78, 5) is 2.92. The minimum atomic E-state index is -1.81. The fraction of sp³-hybridized carbons (Fsp3) is 0.684. The summed E-state index contributed by atoms with van der Waals surface area (Å²) in [5.41, 5.74) is 9.06. The number of epoxide rings is 1. The number of nitrogens with zero attached hydrogens (tertiary/aromatic N) is 3. The molecule has 0 bridgehead atoms. The molecule has 5 nitrogen and oxygen atoms in total. The fourth-order valence-corrected chi connectivity index (χ4v) is 6.26. The summed E-state index contributed by atoms with van der Waals surface area (Å²) in [6.45, 7) is 9.45. The predicted octanol–water partition coefficient (Wildman–Crippen LogP) is 5.39. The third-order valence-electron chi connectivity index (χ3n) is 5.61. The van der Waals surface area contributed by atoms with Crippen molar-refractivity contribution in [3.05, 3.63) is 46.3 Å². The maximum Gasteiger partial charge on any atom is 0.185 e. The van der Waals surface area contributed by atoms with E-state index in [1.807, 2.05) is 6.07 Å². The molecule has 1 heterocycles. The zero-order valence-corrected chi connectivity index (χ0v) is 16.7. The van der Waals surface area contributed by atoms with Gasteiger partial charge >= 0.3 is 0 Å². The fourth-order valence-electron chi connectivity index (χ4n) is 4.76. The first-order chi connectivity index (χ1) is 11.8. The Morgan fingerprint density at radius 3 is 2.68 bits per heavy atom. The molecule has 6 heteroatoms. The Hall–Kier alpha value is -1.33. The molecule has 0 amide bonds. The maximum atomic E-state index is 8.63. The average Bonchev–Trinajstić information content (AvgIpc) is 3.31. The van der Waals surface area contributed by atoms with Crippen LogP contribution in [0.4, 0.5) is 0 Å². The minimum absolute atomic E-state index is 0.249. The van der Waals surface area contributed by atoms with Crippen molar-refractivity contribution in [3.63, 3.8) is 0 Å². The monoisotopic (exact) mass is 359 g/mol. The predicted molar refractivity (Wildman–Crippen MR) is 102 cm³/mol. The van der Waals surface area contributed by atoms with Crippen molar-refractivity contribution >= 4 is 8.32 Å². The number of ether oxygens (including phenoxy) is 1. The first kappa shape index (κ1) is 18.5. The van der Waals surface area contributed by atoms with E-state index in [9.17, 15) is 0 Å². The van der Waals surface area contributed by atoms with Gasteiger partial charge in [0.1, 0.15) is 11.2 Å². The van der Waals surface area contributed by atoms with Gasteiger partial charge in [-0.2, -0.15) is 0 Å². The van der Waals surface area contributed by atoms with Crippen LogP contribution < -0.4 is 0 Å². The van der Waals surface area contributed by atoms with Gasteiger partial charge in [0.05, 0.1) is 6.10 Å². The van der Waals surface area contributed by atoms with Gasteiger partial charge in [-0.05, 0) is 62.8 Å². The third-order valence-corrected chi connectivity index (χ3v) is 6.63. The van der Waals surface area contributed by atoms with E-state index in [2.05, 4.69) is 60.9 Å². The molecule has 136 valence electrons. The molecule has 0 radical (unpaired) electrons. The third kappa shape index (κ3) is 3.36. The van der Waals surface area contributed by atoms with Crippen LogP contribution in [0.25, 0.3) is 10.4 Å². The van der Waals surface area contributed by atoms with E-state index in [4.69, 9.17) is 14.7 Å². The second-order valence-electron chi connectivity index (χ2n) is 8.38. The molecule has 0 spiro atoms. The van der Waals surface area contributed by atoms with Crippen molar-refractivity contribution in [2.24, 2.45) is 11.0 Å². The molecule has 1 saturated heterocycles. The Bertz CT molecular complexity index is 656. The van der Waals surface area contributed by atoms with Crippen LogP contribution in [-0.4, -0.2) is 26.6 Å². The molecule has 1 aliphatic heterocycles. The Kier molecular flexibility index (Phi) is 4.99. The van der Waals surface area contributed by atoms with Crippen LogP contribution >= 0.6 is 0 Å². The Balaban J connectivity index is 2.00. The first-order valence-electron chi connectivity index (χ1n) is 9.28. The lowest BCUT2D eigenvalue weighted by atomic mass is 9.67. The molecule has 2 aliphatic rings. The van der Waals surface area contributed by atoms with Crippen molar-refractivity contribution < 1.29 is 9.16 Å². The highest BCUT2D eigenvalue weighted by molar-refractivity contribution is 6.69. The number of hydrogen-bond acceptors (Lipinski definition) is 3. The molecule has 1 saturated carbocycles. The van der Waals surface area contributed by atoms with Crippen molar-refractivity contribution in [1.82, 2.24) is 0 Å². The van der Waals surface area contributed by atoms with E-state index in [0.717, 1.165) is 19.3 Å². The number of fused-ring (bicyclic) bond motifs is 1. The lowest BCUT2D eigenvalue weighted by molar-refractivity contribution is -0.0446. The number of hydrogen-bond donors (Lipinski definition) is 0. The molecule has 0 N–H and O–H groups in total. The van der Waals surface area contributed by atoms with E-state index >= 15 is 0 Å². The van der Waals surface area contributed by atoms with E-state index < -0.39 is 13.9 Å². The Morgan fingerprint density at radius 2 is 2.04 bits per heavy atom. The minimum Gasteiger partial charge on any atom is -0.405 e. The van der Waals surface area contributed by atoms with Crippen LogP contribution in [0.1, 0.15) is 38.2 Å². The van der Waals surface area contributed by atoms with Crippen LogP contribution in [0, 0.1) is 5.92 Å². The second-order valence-corrected chi connectivity index (χ2v) is 12.8. The highest BCUT2D eigenvalue weighted by Gasteiger charge is 2.72. The lowest BCUT2D eigenvalue weighted by Crippen LogP contribution is -2.54. The van der Waals surface area contributed by atoms with Gasteiger partial charge in [0.25, 0.3) is 0 Å². The summed E-state index contributed by atoms with van der Waals surface area (Å²) in [6.07, 6.45) is 4.48. The first-order valence-corrected chi connectivity index (χ1v) is 12.7. The molecule has 25 heavy (non-hydrogen) atoms. The Labute approximate surface area is 151 Å². The van der Waals surface area contributed by atoms with Crippen LogP contribution in [0.2, 0.25) is 19.6 Å². The van der Waals surface area contributed by atoms with Crippen LogP contribution in [0.15, 0.2) is 35.4 Å². The van der Waals surface area contributed by atoms with Crippen LogP contribution in [0.3, 0.4) is 0 Å². The second kappa shape index (κ2) is 6.76. The van der Waals surface area contributed by atoms with Gasteiger partial charge in [0, 0.05) is 11.5 Å². The summed E-state index contributed by atoms with van der Waals surface area (Å²) in [5, 5.41) is 3.77. The van der Waals surface area contributed by atoms with Gasteiger partial charge in [0.2, 0.25) is 0 Å². The van der Waals surface area contributed by atoms with Crippen LogP contribution in [0.5, 0.6) is 0 Å². The molecule has 0 aromatic heterocycles. The van der Waals surface area contributed by atoms with Crippen molar-refractivity contribution in [1.29, 1.82) is 0 Å². The summed E-state index contributed by atoms with van der Waals surface area (Å²) >= 11 is 0. The summed E-state index contributed by atoms with van der Waals surface area (Å²) in [6, 6.07) is 10.5. The zero-order chi connectivity index (χ0) is 18.1. The quantitative estimate of drug-likeness (QED) is 0.215. The number of benzene rings is 1. The molecule has 3 rings (SSSR count). The van der Waals surface area contributed by atoms with E-state index in [0.29, 0.717) is 12.5 Å². The Morgan fingerprint density at radius 1 is 1.32 bits per heavy atom. The normalized spacial score (nSPS) is 30.7. The van der Waals surface area contributed by atoms with E-state index in [1.165, 1.54) is 12.0 Å². The van der Waals surface area contributed by atoms with Crippen molar-refractivity contribution in [2.45, 2.75) is 69.6 Å². The zero-order valence-electron chi connectivity index (χ0n) is 15.7. The van der Waals surface area contributed by atoms with Gasteiger partial charge in [-0.1, -0.05) is 41.9 Å². The molecular weight excluding hydrogens is 330 g/mol. The van der Waals surface area contributed by atoms with E-state index in [1.54, 1.807) is 0 Å². The van der Waals surface area contributed by atoms with Crippen molar-refractivity contribution in [2.75, 3.05) is 6.54 Å². The smallest absolute Gasteiger partial charge is 0.185 e. The molecule has 1 aliphatic carbocycles. The highest BCUT2D eigenvalue weighted by Crippen LogP contribution is 2.63. The van der Waals surface area contributed by atoms with Gasteiger partial charge in [0.15, 0.2) is 8.32 Å². The molecular formula is C19H29N3O2Si. The van der Waals surface area contributed by atoms with Crippen LogP contribution in [-0.2, 0) is 14.8 Å². The van der Waals surface area contributed by atoms with E-state index in [-0.39, 0.29) is 11.7 Å². The lowest BCUT2D eigenvalue weighted by Gasteiger charge is -2.46. The van der Waals surface area contributed by atoms with Gasteiger partial charge < -0.3 is 9.16 Å². The molecule has 1 aromatic rings. The molecule has 1 aromatic carbocycles. The molecule has 4 unspecified atom stereocenters. The van der Waals surface area contributed by atoms with Gasteiger partial charge in [-0.25, -0.2) is 0 Å². The average molecular weight is 360 g/mol. The summed E-state index contributed by atoms with van der Waals surface area (Å²) in [5.74, 6) is 0.360. The SMILES string of the molecule is CC(O[Si](C)(C)C)(c1ccccc1)C12OC1CCCC2CCN=[N+]=[N-]. The molecule has 2 fully saturated rings. The number of azide groups is 1. The molecule has 4 atom stereocenters. The summed E-state index contributed by atoms with van der Waals surface area (Å²) < 4.78 is 13.3.